The van der Waals surface area contributed by atoms with Gasteiger partial charge in [0.2, 0.25) is 0 Å². The molecule has 2 heterocycles. The number of hydrogen-bond donors (Lipinski definition) is 1. The smallest absolute Gasteiger partial charge is 0.196 e. The van der Waals surface area contributed by atoms with Crippen LogP contribution in [0.1, 0.15) is 37.5 Å². The molecule has 1 aromatic carbocycles. The Hall–Kier alpha value is -0.860. The van der Waals surface area contributed by atoms with Crippen LogP contribution in [0.4, 0.5) is 0 Å². The molecule has 0 aliphatic carbocycles. The van der Waals surface area contributed by atoms with E-state index in [0.29, 0.717) is 5.92 Å². The lowest BCUT2D eigenvalue weighted by molar-refractivity contribution is -0.286. The van der Waals surface area contributed by atoms with Crippen molar-refractivity contribution >= 4 is 0 Å². The molecule has 1 N–H and O–H groups in total. The first-order valence-electron chi connectivity index (χ1n) is 5.62. The average Bonchev–Trinajstić information content (AvgIpc) is 2.50. The second-order valence-electron chi connectivity index (χ2n) is 4.94. The molecule has 1 aromatic rings. The van der Waals surface area contributed by atoms with E-state index in [0.717, 1.165) is 12.0 Å². The van der Waals surface area contributed by atoms with Gasteiger partial charge in [-0.05, 0) is 17.9 Å². The molecule has 15 heavy (non-hydrogen) atoms. The minimum atomic E-state index is -1.03. The summed E-state index contributed by atoms with van der Waals surface area (Å²) < 4.78 is 5.84. The van der Waals surface area contributed by atoms with Gasteiger partial charge >= 0.3 is 0 Å². The van der Waals surface area contributed by atoms with Crippen molar-refractivity contribution in [1.82, 2.24) is 0 Å². The quantitative estimate of drug-likeness (QED) is 0.703. The Labute approximate surface area is 89.9 Å². The Morgan fingerprint density at radius 3 is 2.87 bits per heavy atom. The second-order valence-corrected chi connectivity index (χ2v) is 4.94. The van der Waals surface area contributed by atoms with Crippen molar-refractivity contribution in [3.8, 4) is 0 Å². The summed E-state index contributed by atoms with van der Waals surface area (Å²) in [6, 6.07) is 8.05. The molecule has 80 valence electrons. The van der Waals surface area contributed by atoms with Crippen molar-refractivity contribution in [1.29, 1.82) is 0 Å². The van der Waals surface area contributed by atoms with E-state index < -0.39 is 5.79 Å². The van der Waals surface area contributed by atoms with Crippen LogP contribution in [-0.2, 0) is 10.5 Å². The van der Waals surface area contributed by atoms with Crippen LogP contribution in [0.2, 0.25) is 0 Å². The Morgan fingerprint density at radius 2 is 2.07 bits per heavy atom. The summed E-state index contributed by atoms with van der Waals surface area (Å²) in [5.41, 5.74) is 2.16. The molecule has 1 fully saturated rings. The summed E-state index contributed by atoms with van der Waals surface area (Å²) in [6.07, 6.45) is 1.11. The standard InChI is InChI=1S/C13H16O2/c1-8-7-9(2)13(14)11-6-4-3-5-10(11)12(8)15-13/h3-6,8-9,12,14H,7H2,1-2H3/t8-,9+,12+,13-/m1/s1. The molecule has 2 nitrogen and oxygen atoms in total. The van der Waals surface area contributed by atoms with Crippen LogP contribution in [0, 0.1) is 11.8 Å². The van der Waals surface area contributed by atoms with Gasteiger partial charge in [0, 0.05) is 11.5 Å². The molecule has 0 aromatic heterocycles. The van der Waals surface area contributed by atoms with Gasteiger partial charge in [-0.1, -0.05) is 38.1 Å². The summed E-state index contributed by atoms with van der Waals surface area (Å²) in [7, 11) is 0. The van der Waals surface area contributed by atoms with Crippen molar-refractivity contribution in [2.24, 2.45) is 11.8 Å². The summed E-state index contributed by atoms with van der Waals surface area (Å²) in [4.78, 5) is 0. The zero-order chi connectivity index (χ0) is 10.6. The van der Waals surface area contributed by atoms with Gasteiger partial charge in [-0.2, -0.15) is 0 Å². The Morgan fingerprint density at radius 1 is 1.33 bits per heavy atom. The lowest BCUT2D eigenvalue weighted by atomic mass is 9.87. The molecule has 2 aliphatic heterocycles. The van der Waals surface area contributed by atoms with E-state index in [1.807, 2.05) is 18.2 Å². The second kappa shape index (κ2) is 2.83. The van der Waals surface area contributed by atoms with Gasteiger partial charge in [0.15, 0.2) is 5.79 Å². The number of fused-ring (bicyclic) bond motifs is 5. The average molecular weight is 204 g/mol. The molecule has 1 saturated heterocycles. The van der Waals surface area contributed by atoms with E-state index in [1.165, 1.54) is 5.56 Å². The molecule has 2 heteroatoms. The van der Waals surface area contributed by atoms with Crippen LogP contribution < -0.4 is 0 Å². The molecule has 0 saturated carbocycles. The van der Waals surface area contributed by atoms with Crippen molar-refractivity contribution < 1.29 is 9.84 Å². The highest BCUT2D eigenvalue weighted by atomic mass is 16.6. The highest BCUT2D eigenvalue weighted by Crippen LogP contribution is 2.55. The molecule has 0 amide bonds. The third kappa shape index (κ3) is 1.06. The molecule has 0 radical (unpaired) electrons. The van der Waals surface area contributed by atoms with Gasteiger partial charge in [-0.15, -0.1) is 0 Å². The number of aliphatic hydroxyl groups is 1. The normalized spacial score (nSPS) is 42.7. The highest BCUT2D eigenvalue weighted by molar-refractivity contribution is 5.38. The number of hydrogen-bond acceptors (Lipinski definition) is 2. The first-order valence-corrected chi connectivity index (χ1v) is 5.62. The van der Waals surface area contributed by atoms with Gasteiger partial charge in [0.05, 0.1) is 6.10 Å². The Kier molecular flexibility index (Phi) is 1.77. The topological polar surface area (TPSA) is 29.5 Å². The molecular formula is C13H16O2. The van der Waals surface area contributed by atoms with Crippen LogP contribution in [0.3, 0.4) is 0 Å². The minimum absolute atomic E-state index is 0.0856. The maximum Gasteiger partial charge on any atom is 0.196 e. The third-order valence-electron chi connectivity index (χ3n) is 3.87. The predicted octanol–water partition coefficient (Wildman–Crippen LogP) is 2.58. The van der Waals surface area contributed by atoms with Crippen LogP contribution in [0.15, 0.2) is 24.3 Å². The van der Waals surface area contributed by atoms with Gasteiger partial charge in [0.1, 0.15) is 0 Å². The molecule has 2 aliphatic rings. The third-order valence-corrected chi connectivity index (χ3v) is 3.87. The van der Waals surface area contributed by atoms with E-state index in [1.54, 1.807) is 0 Å². The van der Waals surface area contributed by atoms with Crippen LogP contribution in [0.5, 0.6) is 0 Å². The SMILES string of the molecule is C[C@@H]1C[C@H](C)[C@@]2(O)O[C@@H]1c1ccccc12. The van der Waals surface area contributed by atoms with Crippen molar-refractivity contribution in [3.05, 3.63) is 35.4 Å². The largest absolute Gasteiger partial charge is 0.362 e. The van der Waals surface area contributed by atoms with E-state index in [4.69, 9.17) is 4.74 Å². The lowest BCUT2D eigenvalue weighted by Gasteiger charge is -2.38. The van der Waals surface area contributed by atoms with Crippen molar-refractivity contribution in [2.75, 3.05) is 0 Å². The highest BCUT2D eigenvalue weighted by Gasteiger charge is 2.52. The lowest BCUT2D eigenvalue weighted by Crippen LogP contribution is -2.38. The summed E-state index contributed by atoms with van der Waals surface area (Å²) in [5.74, 6) is -0.371. The van der Waals surface area contributed by atoms with Gasteiger partial charge in [0.25, 0.3) is 0 Å². The zero-order valence-corrected chi connectivity index (χ0v) is 9.10. The van der Waals surface area contributed by atoms with E-state index >= 15 is 0 Å². The number of rotatable bonds is 0. The Bertz CT molecular complexity index is 401. The molecule has 2 bridgehead atoms. The molecular weight excluding hydrogens is 188 g/mol. The molecule has 3 rings (SSSR count). The van der Waals surface area contributed by atoms with E-state index in [-0.39, 0.29) is 12.0 Å². The number of ether oxygens (including phenoxy) is 1. The van der Waals surface area contributed by atoms with Crippen molar-refractivity contribution in [3.63, 3.8) is 0 Å². The maximum atomic E-state index is 10.5. The first kappa shape index (κ1) is 9.37. The summed E-state index contributed by atoms with van der Waals surface area (Å²) in [6.45, 7) is 4.26. The maximum absolute atomic E-state index is 10.5. The summed E-state index contributed by atoms with van der Waals surface area (Å²) >= 11 is 0. The van der Waals surface area contributed by atoms with Crippen LogP contribution in [0.25, 0.3) is 0 Å². The monoisotopic (exact) mass is 204 g/mol. The molecule has 0 unspecified atom stereocenters. The fourth-order valence-electron chi connectivity index (χ4n) is 3.04. The van der Waals surface area contributed by atoms with E-state index in [2.05, 4.69) is 19.9 Å². The first-order chi connectivity index (χ1) is 7.13. The zero-order valence-electron chi connectivity index (χ0n) is 9.10. The molecule has 0 spiro atoms. The fourth-order valence-corrected chi connectivity index (χ4v) is 3.04. The van der Waals surface area contributed by atoms with Gasteiger partial charge in [-0.3, -0.25) is 0 Å². The van der Waals surface area contributed by atoms with Crippen molar-refractivity contribution in [2.45, 2.75) is 32.2 Å². The molecule has 4 atom stereocenters. The minimum Gasteiger partial charge on any atom is -0.362 e. The Balaban J connectivity index is 2.20. The number of benzene rings is 1. The van der Waals surface area contributed by atoms with Crippen LogP contribution >= 0.6 is 0 Å². The van der Waals surface area contributed by atoms with Crippen LogP contribution in [-0.4, -0.2) is 5.11 Å². The fraction of sp³-hybridized carbons (Fsp3) is 0.538. The predicted molar refractivity (Wildman–Crippen MR) is 57.1 cm³/mol. The summed E-state index contributed by atoms with van der Waals surface area (Å²) in [5, 5.41) is 10.5. The van der Waals surface area contributed by atoms with Gasteiger partial charge in [-0.25, -0.2) is 0 Å². The van der Waals surface area contributed by atoms with E-state index in [9.17, 15) is 5.11 Å². The van der Waals surface area contributed by atoms with Gasteiger partial charge < -0.3 is 9.84 Å².